The number of hydrogen-bond donors (Lipinski definition) is 0. The van der Waals surface area contributed by atoms with Crippen molar-refractivity contribution in [1.29, 1.82) is 0 Å². The predicted molar refractivity (Wildman–Crippen MR) is 232 cm³/mol. The first-order valence-corrected chi connectivity index (χ1v) is 17.4. The molecule has 0 unspecified atom stereocenters. The van der Waals surface area contributed by atoms with Crippen molar-refractivity contribution < 1.29 is 30.5 Å². The van der Waals surface area contributed by atoms with Crippen LogP contribution in [0.5, 0.6) is 0 Å². The fourth-order valence-corrected chi connectivity index (χ4v) is 7.90. The highest BCUT2D eigenvalue weighted by Gasteiger charge is 2.25. The minimum Gasteiger partial charge on any atom is -0.452 e. The van der Waals surface area contributed by atoms with Crippen LogP contribution in [0.15, 0.2) is 192 Å². The van der Waals surface area contributed by atoms with Crippen LogP contribution in [0.3, 0.4) is 0 Å². The largest absolute Gasteiger partial charge is 0.452 e. The van der Waals surface area contributed by atoms with Crippen molar-refractivity contribution in [2.24, 2.45) is 0 Å². The lowest BCUT2D eigenvalue weighted by atomic mass is 9.88. The summed E-state index contributed by atoms with van der Waals surface area (Å²) in [6.07, 6.45) is 0. The third kappa shape index (κ3) is 4.47. The van der Waals surface area contributed by atoms with E-state index >= 15 is 0 Å². The SMILES string of the molecule is [2H]c1c([2H])c([2H])c(-c2nc(-c3c([2H])c([2H])c(-c4c([2H])c([2H])c([2H])c([2H])c4[2H])c([2H])c3[2H])c3oc4cccc(-c5ccc6c7c5c5ccccc5c5cccc(c57)n6-c5c([2H])c([2H])c([2H])c([2H])c5[2H])c4c3n2)c([2H])c1[2H]. The molecule has 4 nitrogen and oxygen atoms in total. The molecule has 0 aliphatic rings. The highest BCUT2D eigenvalue weighted by molar-refractivity contribution is 6.37. The van der Waals surface area contributed by atoms with Gasteiger partial charge in [-0.3, -0.25) is 0 Å². The molecule has 0 radical (unpaired) electrons. The van der Waals surface area contributed by atoms with E-state index in [9.17, 15) is 5.48 Å². The molecule has 4 heteroatoms. The van der Waals surface area contributed by atoms with Crippen LogP contribution in [0.25, 0.3) is 116 Å². The normalized spacial score (nSPS) is 16.7. The first-order chi connectivity index (χ1) is 35.7. The molecular formula is C52H31N3O. The van der Waals surface area contributed by atoms with Gasteiger partial charge in [0.1, 0.15) is 16.8 Å². The van der Waals surface area contributed by atoms with Crippen LogP contribution in [0, 0.1) is 0 Å². The van der Waals surface area contributed by atoms with Gasteiger partial charge in [-0.25, -0.2) is 9.97 Å². The maximum Gasteiger partial charge on any atom is 0.180 e. The van der Waals surface area contributed by atoms with Gasteiger partial charge in [-0.05, 0) is 68.7 Å². The molecule has 0 aliphatic carbocycles. The zero-order valence-corrected chi connectivity index (χ0v) is 28.7. The summed E-state index contributed by atoms with van der Waals surface area (Å²) >= 11 is 0. The number of para-hydroxylation sites is 1. The van der Waals surface area contributed by atoms with Gasteiger partial charge in [-0.2, -0.15) is 0 Å². The Morgan fingerprint density at radius 3 is 1.84 bits per heavy atom. The Morgan fingerprint density at radius 2 is 1.05 bits per heavy atom. The second kappa shape index (κ2) is 12.0. The molecule has 9 aromatic carbocycles. The second-order valence-electron chi connectivity index (χ2n) is 13.0. The van der Waals surface area contributed by atoms with Crippen LogP contribution in [-0.4, -0.2) is 14.5 Å². The lowest BCUT2D eigenvalue weighted by molar-refractivity contribution is 0.667. The topological polar surface area (TPSA) is 43.9 Å². The molecule has 3 heterocycles. The van der Waals surface area contributed by atoms with Gasteiger partial charge in [0, 0.05) is 33.0 Å². The molecule has 0 spiro atoms. The number of rotatable bonds is 5. The average Bonchev–Trinajstić information content (AvgIpc) is 4.10. The zero-order chi connectivity index (χ0) is 53.3. The van der Waals surface area contributed by atoms with E-state index in [2.05, 4.69) is 4.98 Å². The molecule has 0 bridgehead atoms. The standard InChI is InChI=1S/C52H31N3O/c1-4-14-32(15-5-1)33-26-28-34(29-27-33)49-51-50(54-52(53-49)35-16-6-2-7-17-35)47-40(23-13-25-44(47)56-51)41-30-31-43-48-45(41)38-21-11-10-20-37(38)39-22-12-24-42(46(39)48)55(43)36-18-8-3-9-19-36/h1-31H/i1D,2D,3D,4D,5D,6D,7D,8D,9D,14D,15D,16D,17D,18D,19D,26D,27D,28D,29D. The number of hydrogen-bond acceptors (Lipinski definition) is 3. The summed E-state index contributed by atoms with van der Waals surface area (Å²) in [5, 5.41) is 4.84. The summed E-state index contributed by atoms with van der Waals surface area (Å²) in [4.78, 5) is 9.53. The summed E-state index contributed by atoms with van der Waals surface area (Å²) in [6, 6.07) is 9.21. The first kappa shape index (κ1) is 17.7. The number of benzene rings is 9. The Morgan fingerprint density at radius 1 is 0.446 bits per heavy atom. The van der Waals surface area contributed by atoms with E-state index in [4.69, 9.17) is 30.0 Å². The average molecular weight is 733 g/mol. The smallest absolute Gasteiger partial charge is 0.180 e. The lowest BCUT2D eigenvalue weighted by Crippen LogP contribution is -1.94. The monoisotopic (exact) mass is 732 g/mol. The Kier molecular flexibility index (Phi) is 3.79. The van der Waals surface area contributed by atoms with Crippen molar-refractivity contribution in [2.45, 2.75) is 0 Å². The summed E-state index contributed by atoms with van der Waals surface area (Å²) in [5.74, 6) is -0.466. The van der Waals surface area contributed by atoms with Crippen LogP contribution >= 0.6 is 0 Å². The van der Waals surface area contributed by atoms with E-state index in [1.807, 2.05) is 48.5 Å². The molecule has 0 N–H and O–H groups in total. The lowest BCUT2D eigenvalue weighted by Gasteiger charge is -2.14. The number of furan rings is 1. The van der Waals surface area contributed by atoms with Gasteiger partial charge in [0.15, 0.2) is 11.4 Å². The molecule has 56 heavy (non-hydrogen) atoms. The van der Waals surface area contributed by atoms with Crippen LogP contribution in [0.2, 0.25) is 0 Å². The molecule has 0 saturated heterocycles. The molecule has 0 aliphatic heterocycles. The van der Waals surface area contributed by atoms with Gasteiger partial charge in [-0.1, -0.05) is 157 Å². The molecule has 12 rings (SSSR count). The predicted octanol–water partition coefficient (Wildman–Crippen LogP) is 13.9. The molecule has 0 saturated carbocycles. The third-order valence-corrected chi connectivity index (χ3v) is 10.1. The number of fused-ring (bicyclic) bond motifs is 6. The highest BCUT2D eigenvalue weighted by Crippen LogP contribution is 2.49. The minimum atomic E-state index is -0.800. The maximum atomic E-state index is 9.43. The first-order valence-electron chi connectivity index (χ1n) is 26.9. The van der Waals surface area contributed by atoms with Gasteiger partial charge >= 0.3 is 0 Å². The van der Waals surface area contributed by atoms with E-state index < -0.39 is 143 Å². The fraction of sp³-hybridized carbons (Fsp3) is 0. The minimum absolute atomic E-state index is 0.0300. The van der Waals surface area contributed by atoms with Crippen LogP contribution in [0.4, 0.5) is 0 Å². The van der Waals surface area contributed by atoms with E-state index in [0.717, 1.165) is 21.5 Å². The summed E-state index contributed by atoms with van der Waals surface area (Å²) < 4.78 is 175. The van der Waals surface area contributed by atoms with Crippen molar-refractivity contribution in [3.05, 3.63) is 188 Å². The van der Waals surface area contributed by atoms with Crippen molar-refractivity contribution in [3.63, 3.8) is 0 Å². The van der Waals surface area contributed by atoms with Gasteiger partial charge in [0.2, 0.25) is 0 Å². The van der Waals surface area contributed by atoms with E-state index in [1.165, 1.54) is 0 Å². The fourth-order valence-electron chi connectivity index (χ4n) is 7.90. The van der Waals surface area contributed by atoms with Gasteiger partial charge in [-0.15, -0.1) is 0 Å². The van der Waals surface area contributed by atoms with Crippen molar-refractivity contribution in [2.75, 3.05) is 0 Å². The van der Waals surface area contributed by atoms with Crippen LogP contribution < -0.4 is 0 Å². The van der Waals surface area contributed by atoms with Crippen LogP contribution in [-0.2, 0) is 0 Å². The molecule has 0 amide bonds. The van der Waals surface area contributed by atoms with E-state index in [0.29, 0.717) is 38.3 Å². The molecular weight excluding hydrogens is 683 g/mol. The molecule has 0 fully saturated rings. The third-order valence-electron chi connectivity index (χ3n) is 10.1. The van der Waals surface area contributed by atoms with Crippen LogP contribution in [0.1, 0.15) is 26.0 Å². The molecule has 12 aromatic rings. The second-order valence-corrected chi connectivity index (χ2v) is 13.0. The van der Waals surface area contributed by atoms with Gasteiger partial charge < -0.3 is 8.98 Å². The number of aromatic nitrogens is 3. The van der Waals surface area contributed by atoms with Gasteiger partial charge in [0.25, 0.3) is 0 Å². The molecule has 260 valence electrons. The van der Waals surface area contributed by atoms with Gasteiger partial charge in [0.05, 0.1) is 42.5 Å². The van der Waals surface area contributed by atoms with E-state index in [-0.39, 0.29) is 28.1 Å². The Hall–Kier alpha value is -7.56. The van der Waals surface area contributed by atoms with E-state index in [1.54, 1.807) is 28.8 Å². The summed E-state index contributed by atoms with van der Waals surface area (Å²) in [7, 11) is 0. The number of nitrogens with zero attached hydrogens (tertiary/aromatic N) is 3. The molecule has 3 aromatic heterocycles. The van der Waals surface area contributed by atoms with Crippen molar-refractivity contribution in [1.82, 2.24) is 14.5 Å². The Labute approximate surface area is 348 Å². The molecule has 0 atom stereocenters. The van der Waals surface area contributed by atoms with Crippen molar-refractivity contribution >= 4 is 65.4 Å². The highest BCUT2D eigenvalue weighted by atomic mass is 16.3. The Balaban J connectivity index is 1.22. The quantitative estimate of drug-likeness (QED) is 0.166. The Bertz CT molecular complexity index is 4490. The summed E-state index contributed by atoms with van der Waals surface area (Å²) in [6.45, 7) is 0. The van der Waals surface area contributed by atoms with Crippen molar-refractivity contribution in [3.8, 4) is 50.6 Å². The summed E-state index contributed by atoms with van der Waals surface area (Å²) in [5.41, 5.74) is -0.446. The zero-order valence-electron chi connectivity index (χ0n) is 47.7. The maximum absolute atomic E-state index is 9.43.